The Balaban J connectivity index is 2.75. The molecule has 0 bridgehead atoms. The highest BCUT2D eigenvalue weighted by Crippen LogP contribution is 2.16. The standard InChI is InChI=1S/C16H22N2S/c1-6-16(7-2,8-3)18-15(19)17-14-10-9-12(4)13(5)11-14/h1,9-11H,7-8H2,2-5H3,(H2,17,18,19). The Morgan fingerprint density at radius 1 is 1.26 bits per heavy atom. The lowest BCUT2D eigenvalue weighted by atomic mass is 9.94. The third kappa shape index (κ3) is 3.97. The highest BCUT2D eigenvalue weighted by Gasteiger charge is 2.23. The number of anilines is 1. The summed E-state index contributed by atoms with van der Waals surface area (Å²) in [6, 6.07) is 6.18. The quantitative estimate of drug-likeness (QED) is 0.645. The molecule has 0 saturated heterocycles. The van der Waals surface area contributed by atoms with Crippen molar-refractivity contribution in [3.63, 3.8) is 0 Å². The van der Waals surface area contributed by atoms with Crippen LogP contribution in [0.4, 0.5) is 5.69 Å². The fourth-order valence-electron chi connectivity index (χ4n) is 1.87. The maximum atomic E-state index is 5.61. The maximum Gasteiger partial charge on any atom is 0.171 e. The molecule has 0 aliphatic rings. The molecule has 0 unspecified atom stereocenters. The molecule has 19 heavy (non-hydrogen) atoms. The minimum Gasteiger partial charge on any atom is -0.346 e. The summed E-state index contributed by atoms with van der Waals surface area (Å²) in [6.45, 7) is 8.30. The third-order valence-electron chi connectivity index (χ3n) is 3.60. The monoisotopic (exact) mass is 274 g/mol. The summed E-state index contributed by atoms with van der Waals surface area (Å²) in [7, 11) is 0. The molecule has 0 radical (unpaired) electrons. The van der Waals surface area contributed by atoms with Crippen molar-refractivity contribution in [3.05, 3.63) is 29.3 Å². The van der Waals surface area contributed by atoms with E-state index in [0.717, 1.165) is 18.5 Å². The molecule has 1 aromatic carbocycles. The Kier molecular flexibility index (Phi) is 5.38. The SMILES string of the molecule is C#CC(CC)(CC)NC(=S)Nc1ccc(C)c(C)c1. The second kappa shape index (κ2) is 6.58. The Morgan fingerprint density at radius 3 is 2.37 bits per heavy atom. The summed E-state index contributed by atoms with van der Waals surface area (Å²) in [4.78, 5) is 0. The van der Waals surface area contributed by atoms with Gasteiger partial charge in [-0.05, 0) is 62.2 Å². The second-order valence-electron chi connectivity index (χ2n) is 4.81. The van der Waals surface area contributed by atoms with Gasteiger partial charge in [0.05, 0.1) is 5.54 Å². The van der Waals surface area contributed by atoms with E-state index in [9.17, 15) is 0 Å². The average molecular weight is 274 g/mol. The van der Waals surface area contributed by atoms with E-state index in [4.69, 9.17) is 18.6 Å². The maximum absolute atomic E-state index is 5.61. The van der Waals surface area contributed by atoms with E-state index >= 15 is 0 Å². The molecule has 0 spiro atoms. The molecule has 0 saturated carbocycles. The van der Waals surface area contributed by atoms with E-state index < -0.39 is 0 Å². The van der Waals surface area contributed by atoms with Crippen molar-refractivity contribution in [1.29, 1.82) is 0 Å². The van der Waals surface area contributed by atoms with Crippen LogP contribution in [0.1, 0.15) is 37.8 Å². The van der Waals surface area contributed by atoms with Crippen molar-refractivity contribution in [2.45, 2.75) is 46.1 Å². The summed E-state index contributed by atoms with van der Waals surface area (Å²) in [6.07, 6.45) is 7.30. The van der Waals surface area contributed by atoms with E-state index in [1.807, 2.05) is 6.07 Å². The van der Waals surface area contributed by atoms with Crippen LogP contribution in [0.3, 0.4) is 0 Å². The van der Waals surface area contributed by atoms with Crippen LogP contribution in [0.15, 0.2) is 18.2 Å². The molecule has 0 aliphatic carbocycles. The largest absolute Gasteiger partial charge is 0.346 e. The van der Waals surface area contributed by atoms with Crippen LogP contribution in [0.25, 0.3) is 0 Å². The first kappa shape index (κ1) is 15.5. The molecule has 0 fully saturated rings. The first-order valence-electron chi connectivity index (χ1n) is 6.60. The minimum atomic E-state index is -0.357. The molecule has 0 heterocycles. The van der Waals surface area contributed by atoms with E-state index in [2.05, 4.69) is 56.4 Å². The summed E-state index contributed by atoms with van der Waals surface area (Å²) in [5.41, 5.74) is 3.13. The number of thiocarbonyl (C=S) groups is 1. The molecule has 0 aromatic heterocycles. The zero-order valence-electron chi connectivity index (χ0n) is 12.1. The van der Waals surface area contributed by atoms with Gasteiger partial charge in [-0.15, -0.1) is 6.42 Å². The normalized spacial score (nSPS) is 10.7. The first-order chi connectivity index (χ1) is 8.96. The van der Waals surface area contributed by atoms with Gasteiger partial charge in [-0.1, -0.05) is 25.8 Å². The highest BCUT2D eigenvalue weighted by molar-refractivity contribution is 7.80. The number of rotatable bonds is 4. The van der Waals surface area contributed by atoms with E-state index in [-0.39, 0.29) is 5.54 Å². The molecular weight excluding hydrogens is 252 g/mol. The molecule has 0 atom stereocenters. The first-order valence-corrected chi connectivity index (χ1v) is 7.01. The Labute approximate surface area is 122 Å². The lowest BCUT2D eigenvalue weighted by Gasteiger charge is -2.28. The van der Waals surface area contributed by atoms with Crippen LogP contribution in [-0.2, 0) is 0 Å². The second-order valence-corrected chi connectivity index (χ2v) is 5.22. The number of hydrogen-bond donors (Lipinski definition) is 2. The number of hydrogen-bond acceptors (Lipinski definition) is 1. The number of nitrogens with one attached hydrogen (secondary N) is 2. The van der Waals surface area contributed by atoms with Crippen molar-refractivity contribution >= 4 is 23.0 Å². The van der Waals surface area contributed by atoms with Crippen LogP contribution in [0, 0.1) is 26.2 Å². The molecule has 102 valence electrons. The van der Waals surface area contributed by atoms with Crippen LogP contribution in [-0.4, -0.2) is 10.7 Å². The van der Waals surface area contributed by atoms with Gasteiger partial charge in [0.15, 0.2) is 5.11 Å². The van der Waals surface area contributed by atoms with Crippen LogP contribution >= 0.6 is 12.2 Å². The highest BCUT2D eigenvalue weighted by atomic mass is 32.1. The number of aryl methyl sites for hydroxylation is 2. The molecule has 2 N–H and O–H groups in total. The fourth-order valence-corrected chi connectivity index (χ4v) is 2.18. The molecule has 1 aromatic rings. The van der Waals surface area contributed by atoms with Crippen LogP contribution in [0.5, 0.6) is 0 Å². The van der Waals surface area contributed by atoms with Gasteiger partial charge in [0.25, 0.3) is 0 Å². The molecule has 2 nitrogen and oxygen atoms in total. The summed E-state index contributed by atoms with van der Waals surface area (Å²) in [5, 5.41) is 7.01. The number of benzene rings is 1. The van der Waals surface area contributed by atoms with Crippen molar-refractivity contribution in [3.8, 4) is 12.3 Å². The van der Waals surface area contributed by atoms with E-state index in [1.54, 1.807) is 0 Å². The predicted octanol–water partition coefficient (Wildman–Crippen LogP) is 3.78. The molecule has 3 heteroatoms. The summed E-state index contributed by atoms with van der Waals surface area (Å²) >= 11 is 5.34. The summed E-state index contributed by atoms with van der Waals surface area (Å²) in [5.74, 6) is 2.81. The van der Waals surface area contributed by atoms with Crippen LogP contribution < -0.4 is 10.6 Å². The van der Waals surface area contributed by atoms with Gasteiger partial charge in [0.1, 0.15) is 0 Å². The Hall–Kier alpha value is -1.53. The van der Waals surface area contributed by atoms with Gasteiger partial charge in [-0.2, -0.15) is 0 Å². The zero-order valence-corrected chi connectivity index (χ0v) is 12.9. The van der Waals surface area contributed by atoms with Crippen molar-refractivity contribution < 1.29 is 0 Å². The van der Waals surface area contributed by atoms with Crippen LogP contribution in [0.2, 0.25) is 0 Å². The average Bonchev–Trinajstić information content (AvgIpc) is 2.40. The van der Waals surface area contributed by atoms with Crippen molar-refractivity contribution in [1.82, 2.24) is 5.32 Å². The predicted molar refractivity (Wildman–Crippen MR) is 87.4 cm³/mol. The molecule has 1 rings (SSSR count). The molecule has 0 amide bonds. The topological polar surface area (TPSA) is 24.1 Å². The van der Waals surface area contributed by atoms with Crippen molar-refractivity contribution in [2.75, 3.05) is 5.32 Å². The smallest absolute Gasteiger partial charge is 0.171 e. The summed E-state index contributed by atoms with van der Waals surface area (Å²) < 4.78 is 0. The number of terminal acetylenes is 1. The van der Waals surface area contributed by atoms with Gasteiger partial charge < -0.3 is 10.6 Å². The Bertz CT molecular complexity index is 496. The van der Waals surface area contributed by atoms with E-state index in [1.165, 1.54) is 11.1 Å². The van der Waals surface area contributed by atoms with Gasteiger partial charge >= 0.3 is 0 Å². The Morgan fingerprint density at radius 2 is 1.89 bits per heavy atom. The van der Waals surface area contributed by atoms with E-state index in [0.29, 0.717) is 5.11 Å². The lowest BCUT2D eigenvalue weighted by molar-refractivity contribution is 0.461. The van der Waals surface area contributed by atoms with Crippen molar-refractivity contribution in [2.24, 2.45) is 0 Å². The van der Waals surface area contributed by atoms with Gasteiger partial charge in [0, 0.05) is 5.69 Å². The van der Waals surface area contributed by atoms with Gasteiger partial charge in [0.2, 0.25) is 0 Å². The minimum absolute atomic E-state index is 0.357. The fraction of sp³-hybridized carbons (Fsp3) is 0.438. The lowest BCUT2D eigenvalue weighted by Crippen LogP contribution is -2.48. The zero-order chi connectivity index (χ0) is 14.5. The van der Waals surface area contributed by atoms with Gasteiger partial charge in [-0.3, -0.25) is 0 Å². The molecule has 0 aliphatic heterocycles. The van der Waals surface area contributed by atoms with Gasteiger partial charge in [-0.25, -0.2) is 0 Å². The molecular formula is C16H22N2S. The third-order valence-corrected chi connectivity index (χ3v) is 3.81.